The number of nitrogens with zero attached hydrogens (tertiary/aromatic N) is 1. The van der Waals surface area contributed by atoms with Crippen molar-refractivity contribution in [1.29, 1.82) is 0 Å². The van der Waals surface area contributed by atoms with E-state index in [4.69, 9.17) is 4.74 Å². The van der Waals surface area contributed by atoms with Gasteiger partial charge in [0.1, 0.15) is 6.10 Å². The van der Waals surface area contributed by atoms with Crippen LogP contribution in [0.25, 0.3) is 0 Å². The highest BCUT2D eigenvalue weighted by atomic mass is 16.6. The fourth-order valence-corrected chi connectivity index (χ4v) is 2.27. The van der Waals surface area contributed by atoms with Crippen LogP contribution in [0, 0.1) is 0 Å². The monoisotopic (exact) mass is 175 g/mol. The molecule has 1 saturated heterocycles. The molecule has 0 spiro atoms. The Kier molecular flexibility index (Phi) is 1.47. The average molecular weight is 175 g/mol. The molecule has 1 aliphatic carbocycles. The second-order valence-electron chi connectivity index (χ2n) is 4.05. The Morgan fingerprint density at radius 1 is 1.46 bits per heavy atom. The maximum absolute atomic E-state index is 5.59. The van der Waals surface area contributed by atoms with E-state index in [0.29, 0.717) is 18.1 Å². The Bertz CT molecular complexity index is 316. The first-order valence-electron chi connectivity index (χ1n) is 4.96. The minimum atomic E-state index is 0.369. The third-order valence-electron chi connectivity index (χ3n) is 3.11. The van der Waals surface area contributed by atoms with Crippen LogP contribution in [-0.2, 0) is 4.74 Å². The van der Waals surface area contributed by atoms with Crippen molar-refractivity contribution in [2.75, 3.05) is 0 Å². The van der Waals surface area contributed by atoms with Crippen molar-refractivity contribution >= 4 is 0 Å². The molecule has 3 unspecified atom stereocenters. The number of epoxide rings is 1. The summed E-state index contributed by atoms with van der Waals surface area (Å²) in [5, 5.41) is 0. The molecule has 1 aromatic rings. The molecule has 2 aliphatic rings. The lowest BCUT2D eigenvalue weighted by Gasteiger charge is -2.10. The van der Waals surface area contributed by atoms with Crippen LogP contribution in [0.4, 0.5) is 0 Å². The summed E-state index contributed by atoms with van der Waals surface area (Å²) in [4.78, 5) is 4.46. The minimum Gasteiger partial charge on any atom is -0.364 e. The fourth-order valence-electron chi connectivity index (χ4n) is 2.27. The summed E-state index contributed by atoms with van der Waals surface area (Å²) in [5.74, 6) is 0.604. The number of fused-ring (bicyclic) bond motifs is 3. The standard InChI is InChI=1S/C11H13NO/c1-7-4-5-9-11(13-9)8-3-2-6-12-10(7)8/h2-3,6-7,9,11H,4-5H2,1H3. The molecular formula is C11H13NO. The second-order valence-corrected chi connectivity index (χ2v) is 4.05. The summed E-state index contributed by atoms with van der Waals surface area (Å²) in [6, 6.07) is 4.17. The molecular weight excluding hydrogens is 162 g/mol. The zero-order valence-corrected chi connectivity index (χ0v) is 7.73. The lowest BCUT2D eigenvalue weighted by molar-refractivity contribution is 0.350. The van der Waals surface area contributed by atoms with E-state index in [2.05, 4.69) is 18.0 Å². The largest absolute Gasteiger partial charge is 0.364 e. The predicted molar refractivity (Wildman–Crippen MR) is 49.5 cm³/mol. The van der Waals surface area contributed by atoms with E-state index < -0.39 is 0 Å². The van der Waals surface area contributed by atoms with E-state index in [0.717, 1.165) is 0 Å². The van der Waals surface area contributed by atoms with Gasteiger partial charge in [-0.1, -0.05) is 13.0 Å². The zero-order valence-electron chi connectivity index (χ0n) is 7.73. The predicted octanol–water partition coefficient (Wildman–Crippen LogP) is 2.42. The normalized spacial score (nSPS) is 35.9. The second kappa shape index (κ2) is 2.55. The lowest BCUT2D eigenvalue weighted by atomic mass is 10.00. The van der Waals surface area contributed by atoms with E-state index in [-0.39, 0.29) is 0 Å². The smallest absolute Gasteiger partial charge is 0.111 e. The summed E-state index contributed by atoms with van der Waals surface area (Å²) < 4.78 is 5.59. The van der Waals surface area contributed by atoms with Gasteiger partial charge in [-0.25, -0.2) is 0 Å². The van der Waals surface area contributed by atoms with Crippen LogP contribution in [-0.4, -0.2) is 11.1 Å². The Hall–Kier alpha value is -0.890. The highest BCUT2D eigenvalue weighted by molar-refractivity contribution is 5.30. The number of pyridine rings is 1. The topological polar surface area (TPSA) is 25.4 Å². The third kappa shape index (κ3) is 1.09. The molecule has 0 radical (unpaired) electrons. The summed E-state index contributed by atoms with van der Waals surface area (Å²) in [5.41, 5.74) is 2.59. The van der Waals surface area contributed by atoms with Gasteiger partial charge in [0.05, 0.1) is 6.10 Å². The van der Waals surface area contributed by atoms with Crippen LogP contribution >= 0.6 is 0 Å². The van der Waals surface area contributed by atoms with E-state index >= 15 is 0 Å². The Morgan fingerprint density at radius 3 is 3.31 bits per heavy atom. The molecule has 0 amide bonds. The first kappa shape index (κ1) is 7.51. The van der Waals surface area contributed by atoms with E-state index in [1.54, 1.807) is 0 Å². The Labute approximate surface area is 77.9 Å². The third-order valence-corrected chi connectivity index (χ3v) is 3.11. The van der Waals surface area contributed by atoms with Crippen LogP contribution in [0.5, 0.6) is 0 Å². The first-order valence-corrected chi connectivity index (χ1v) is 4.96. The minimum absolute atomic E-state index is 0.369. The molecule has 0 aromatic carbocycles. The molecule has 1 aliphatic heterocycles. The van der Waals surface area contributed by atoms with Crippen molar-refractivity contribution in [1.82, 2.24) is 4.98 Å². The zero-order chi connectivity index (χ0) is 8.84. The fraction of sp³-hybridized carbons (Fsp3) is 0.545. The van der Waals surface area contributed by atoms with Crippen LogP contribution < -0.4 is 0 Å². The Balaban J connectivity index is 2.10. The van der Waals surface area contributed by atoms with Crippen molar-refractivity contribution in [3.63, 3.8) is 0 Å². The summed E-state index contributed by atoms with van der Waals surface area (Å²) in [6.07, 6.45) is 5.16. The molecule has 2 heterocycles. The molecule has 1 aromatic heterocycles. The molecule has 68 valence electrons. The van der Waals surface area contributed by atoms with Crippen LogP contribution in [0.2, 0.25) is 0 Å². The summed E-state index contributed by atoms with van der Waals surface area (Å²) in [6.45, 7) is 2.26. The van der Waals surface area contributed by atoms with Gasteiger partial charge in [0.2, 0.25) is 0 Å². The quantitative estimate of drug-likeness (QED) is 0.566. The summed E-state index contributed by atoms with van der Waals surface area (Å²) >= 11 is 0. The molecule has 13 heavy (non-hydrogen) atoms. The molecule has 0 saturated carbocycles. The van der Waals surface area contributed by atoms with Crippen molar-refractivity contribution in [3.05, 3.63) is 29.6 Å². The number of hydrogen-bond donors (Lipinski definition) is 0. The van der Waals surface area contributed by atoms with Gasteiger partial charge in [0.25, 0.3) is 0 Å². The number of aromatic nitrogens is 1. The van der Waals surface area contributed by atoms with Crippen molar-refractivity contribution < 1.29 is 4.74 Å². The van der Waals surface area contributed by atoms with Gasteiger partial charge >= 0.3 is 0 Å². The van der Waals surface area contributed by atoms with Gasteiger partial charge < -0.3 is 4.74 Å². The average Bonchev–Trinajstić information content (AvgIpc) is 2.92. The van der Waals surface area contributed by atoms with E-state index in [9.17, 15) is 0 Å². The van der Waals surface area contributed by atoms with Gasteiger partial charge in [-0.15, -0.1) is 0 Å². The lowest BCUT2D eigenvalue weighted by Crippen LogP contribution is -1.99. The van der Waals surface area contributed by atoms with Gasteiger partial charge in [-0.2, -0.15) is 0 Å². The van der Waals surface area contributed by atoms with Crippen LogP contribution in [0.15, 0.2) is 18.3 Å². The van der Waals surface area contributed by atoms with Crippen molar-refractivity contribution in [3.8, 4) is 0 Å². The number of rotatable bonds is 0. The van der Waals surface area contributed by atoms with Gasteiger partial charge in [-0.3, -0.25) is 4.98 Å². The maximum atomic E-state index is 5.59. The number of ether oxygens (including phenoxy) is 1. The molecule has 0 N–H and O–H groups in total. The molecule has 1 fully saturated rings. The highest BCUT2D eigenvalue weighted by Crippen LogP contribution is 2.47. The van der Waals surface area contributed by atoms with Crippen molar-refractivity contribution in [2.45, 2.75) is 37.9 Å². The van der Waals surface area contributed by atoms with Gasteiger partial charge in [-0.05, 0) is 24.8 Å². The van der Waals surface area contributed by atoms with E-state index in [1.807, 2.05) is 12.3 Å². The molecule has 2 nitrogen and oxygen atoms in total. The Morgan fingerprint density at radius 2 is 2.38 bits per heavy atom. The molecule has 2 heteroatoms. The summed E-state index contributed by atoms with van der Waals surface area (Å²) in [7, 11) is 0. The number of hydrogen-bond acceptors (Lipinski definition) is 2. The molecule has 3 atom stereocenters. The van der Waals surface area contributed by atoms with E-state index in [1.165, 1.54) is 24.1 Å². The van der Waals surface area contributed by atoms with Gasteiger partial charge in [0.15, 0.2) is 0 Å². The van der Waals surface area contributed by atoms with Crippen LogP contribution in [0.3, 0.4) is 0 Å². The van der Waals surface area contributed by atoms with Gasteiger partial charge in [0, 0.05) is 17.5 Å². The highest BCUT2D eigenvalue weighted by Gasteiger charge is 2.44. The molecule has 0 bridgehead atoms. The maximum Gasteiger partial charge on any atom is 0.111 e. The molecule has 3 rings (SSSR count). The van der Waals surface area contributed by atoms with Crippen molar-refractivity contribution in [2.24, 2.45) is 0 Å². The van der Waals surface area contributed by atoms with Crippen LogP contribution in [0.1, 0.15) is 43.0 Å². The first-order chi connectivity index (χ1) is 6.36. The SMILES string of the molecule is CC1CCC2OC2c2cccnc21.